The van der Waals surface area contributed by atoms with Crippen molar-refractivity contribution in [1.82, 2.24) is 5.32 Å². The van der Waals surface area contributed by atoms with Crippen LogP contribution in [0.3, 0.4) is 0 Å². The third kappa shape index (κ3) is 3.49. The number of benzene rings is 2. The van der Waals surface area contributed by atoms with Gasteiger partial charge in [-0.25, -0.2) is 9.18 Å². The van der Waals surface area contributed by atoms with E-state index in [1.54, 1.807) is 31.2 Å². The highest BCUT2D eigenvalue weighted by Gasteiger charge is 2.41. The number of esters is 1. The summed E-state index contributed by atoms with van der Waals surface area (Å²) in [6, 6.07) is 12.7. The maximum atomic E-state index is 13.3. The molecule has 0 radical (unpaired) electrons. The van der Waals surface area contributed by atoms with Gasteiger partial charge in [-0.05, 0) is 54.7 Å². The predicted molar refractivity (Wildman–Crippen MR) is 109 cm³/mol. The number of carbonyl (C=O) groups excluding carboxylic acids is 2. The fraction of sp³-hybridized carbons (Fsp3) is 0.250. The minimum atomic E-state index is -0.573. The maximum absolute atomic E-state index is 13.3. The molecule has 1 aliphatic carbocycles. The fourth-order valence-corrected chi connectivity index (χ4v) is 4.39. The zero-order chi connectivity index (χ0) is 21.4. The van der Waals surface area contributed by atoms with E-state index in [0.29, 0.717) is 23.3 Å². The van der Waals surface area contributed by atoms with E-state index < -0.39 is 11.9 Å². The summed E-state index contributed by atoms with van der Waals surface area (Å²) in [4.78, 5) is 25.9. The smallest absolute Gasteiger partial charge is 0.336 e. The van der Waals surface area contributed by atoms with Gasteiger partial charge in [0, 0.05) is 29.3 Å². The maximum Gasteiger partial charge on any atom is 0.336 e. The van der Waals surface area contributed by atoms with E-state index in [4.69, 9.17) is 4.74 Å². The number of phenols is 1. The van der Waals surface area contributed by atoms with Crippen LogP contribution >= 0.6 is 0 Å². The van der Waals surface area contributed by atoms with Crippen LogP contribution in [0.1, 0.15) is 42.7 Å². The highest BCUT2D eigenvalue weighted by molar-refractivity contribution is 6.04. The van der Waals surface area contributed by atoms with E-state index in [9.17, 15) is 19.1 Å². The highest BCUT2D eigenvalue weighted by Crippen LogP contribution is 2.45. The summed E-state index contributed by atoms with van der Waals surface area (Å²) in [6.07, 6.45) is 0.849. The molecule has 1 heterocycles. The lowest BCUT2D eigenvalue weighted by atomic mass is 9.72. The minimum Gasteiger partial charge on any atom is -0.508 e. The molecule has 0 saturated carbocycles. The molecular weight excluding hydrogens is 385 g/mol. The van der Waals surface area contributed by atoms with E-state index in [2.05, 4.69) is 5.32 Å². The van der Waals surface area contributed by atoms with Crippen molar-refractivity contribution in [3.8, 4) is 5.75 Å². The SMILES string of the molecule is COC(=O)C1=C(C)NC2=C(C(=O)C[C@@H](c3ccc(F)cc3)C2)[C@@H]1c1ccc(O)cc1. The number of ether oxygens (including phenoxy) is 1. The Morgan fingerprint density at radius 1 is 1.07 bits per heavy atom. The molecule has 0 unspecified atom stereocenters. The van der Waals surface area contributed by atoms with Gasteiger partial charge in [-0.1, -0.05) is 24.3 Å². The number of aromatic hydroxyl groups is 1. The molecule has 2 atom stereocenters. The van der Waals surface area contributed by atoms with Crippen molar-refractivity contribution >= 4 is 11.8 Å². The number of hydrogen-bond acceptors (Lipinski definition) is 5. The van der Waals surface area contributed by atoms with Gasteiger partial charge in [-0.15, -0.1) is 0 Å². The number of hydrogen-bond donors (Lipinski definition) is 2. The Bertz CT molecular complexity index is 1070. The standard InChI is InChI=1S/C24H22FNO4/c1-13-21(24(29)30-2)22(15-5-9-18(27)10-6-15)23-19(26-13)11-16(12-20(23)28)14-3-7-17(25)8-4-14/h3-10,16,22,26-27H,11-12H2,1-2H3/t16-,22+/m0/s1. The molecule has 0 fully saturated rings. The third-order valence-electron chi connectivity index (χ3n) is 5.80. The molecular formula is C24H22FNO4. The summed E-state index contributed by atoms with van der Waals surface area (Å²) in [5, 5.41) is 12.9. The van der Waals surface area contributed by atoms with Gasteiger partial charge in [-0.2, -0.15) is 0 Å². The van der Waals surface area contributed by atoms with Gasteiger partial charge in [0.2, 0.25) is 0 Å². The van der Waals surface area contributed by atoms with Gasteiger partial charge >= 0.3 is 5.97 Å². The van der Waals surface area contributed by atoms with E-state index >= 15 is 0 Å². The van der Waals surface area contributed by atoms with Gasteiger partial charge in [0.05, 0.1) is 12.7 Å². The summed E-state index contributed by atoms with van der Waals surface area (Å²) < 4.78 is 18.3. The first-order valence-corrected chi connectivity index (χ1v) is 9.75. The number of dihydropyridines is 1. The molecule has 2 N–H and O–H groups in total. The lowest BCUT2D eigenvalue weighted by Crippen LogP contribution is -2.36. The van der Waals surface area contributed by atoms with Crippen molar-refractivity contribution < 1.29 is 23.8 Å². The lowest BCUT2D eigenvalue weighted by molar-refractivity contribution is -0.136. The summed E-state index contributed by atoms with van der Waals surface area (Å²) in [5.74, 6) is -1.42. The van der Waals surface area contributed by atoms with E-state index in [0.717, 1.165) is 16.8 Å². The van der Waals surface area contributed by atoms with Gasteiger partial charge in [0.1, 0.15) is 11.6 Å². The van der Waals surface area contributed by atoms with E-state index in [1.807, 2.05) is 0 Å². The molecule has 0 saturated heterocycles. The number of halogens is 1. The van der Waals surface area contributed by atoms with Crippen LogP contribution in [0, 0.1) is 5.82 Å². The largest absolute Gasteiger partial charge is 0.508 e. The Kier molecular flexibility index (Phi) is 5.16. The zero-order valence-corrected chi connectivity index (χ0v) is 16.7. The van der Waals surface area contributed by atoms with E-state index in [1.165, 1.54) is 31.4 Å². The van der Waals surface area contributed by atoms with Gasteiger partial charge < -0.3 is 15.2 Å². The molecule has 2 aromatic rings. The number of nitrogens with one attached hydrogen (secondary N) is 1. The first-order valence-electron chi connectivity index (χ1n) is 9.75. The van der Waals surface area contributed by atoms with Crippen molar-refractivity contribution in [1.29, 1.82) is 0 Å². The minimum absolute atomic E-state index is 0.0648. The third-order valence-corrected chi connectivity index (χ3v) is 5.80. The number of ketones is 1. The second kappa shape index (κ2) is 7.78. The fourth-order valence-electron chi connectivity index (χ4n) is 4.39. The molecule has 4 rings (SSSR count). The van der Waals surface area contributed by atoms with Crippen LogP contribution in [0.5, 0.6) is 5.75 Å². The van der Waals surface area contributed by atoms with Gasteiger partial charge in [0.15, 0.2) is 5.78 Å². The Hall–Kier alpha value is -3.41. The summed E-state index contributed by atoms with van der Waals surface area (Å²) >= 11 is 0. The highest BCUT2D eigenvalue weighted by atomic mass is 19.1. The summed E-state index contributed by atoms with van der Waals surface area (Å²) in [6.45, 7) is 1.79. The van der Waals surface area contributed by atoms with Crippen LogP contribution in [0.15, 0.2) is 71.1 Å². The van der Waals surface area contributed by atoms with Gasteiger partial charge in [0.25, 0.3) is 0 Å². The Labute approximate surface area is 173 Å². The van der Waals surface area contributed by atoms with Crippen molar-refractivity contribution in [2.75, 3.05) is 7.11 Å². The number of Topliss-reactive ketones (excluding diaryl/α,β-unsaturated/α-hetero) is 1. The summed E-state index contributed by atoms with van der Waals surface area (Å²) in [7, 11) is 1.31. The normalized spacial score (nSPS) is 21.2. The molecule has 154 valence electrons. The number of rotatable bonds is 3. The average molecular weight is 407 g/mol. The first kappa shape index (κ1) is 19.9. The van der Waals surface area contributed by atoms with Crippen LogP contribution in [-0.4, -0.2) is 24.0 Å². The molecule has 0 spiro atoms. The molecule has 0 amide bonds. The molecule has 0 aromatic heterocycles. The van der Waals surface area contributed by atoms with Crippen molar-refractivity contribution in [2.45, 2.75) is 31.6 Å². The second-order valence-corrected chi connectivity index (χ2v) is 7.65. The van der Waals surface area contributed by atoms with Crippen LogP contribution < -0.4 is 5.32 Å². The van der Waals surface area contributed by atoms with E-state index in [-0.39, 0.29) is 29.7 Å². The average Bonchev–Trinajstić information content (AvgIpc) is 2.73. The van der Waals surface area contributed by atoms with Crippen LogP contribution in [0.2, 0.25) is 0 Å². The zero-order valence-electron chi connectivity index (χ0n) is 16.7. The van der Waals surface area contributed by atoms with Crippen LogP contribution in [0.4, 0.5) is 4.39 Å². The Morgan fingerprint density at radius 2 is 1.70 bits per heavy atom. The number of allylic oxidation sites excluding steroid dienone is 3. The Balaban J connectivity index is 1.79. The van der Waals surface area contributed by atoms with Crippen molar-refractivity contribution in [3.63, 3.8) is 0 Å². The molecule has 30 heavy (non-hydrogen) atoms. The second-order valence-electron chi connectivity index (χ2n) is 7.65. The monoisotopic (exact) mass is 407 g/mol. The number of methoxy groups -OCH3 is 1. The molecule has 0 bridgehead atoms. The molecule has 5 nitrogen and oxygen atoms in total. The number of carbonyl (C=O) groups is 2. The van der Waals surface area contributed by atoms with Crippen molar-refractivity contribution in [3.05, 3.63) is 88.0 Å². The molecule has 2 aliphatic rings. The molecule has 2 aromatic carbocycles. The van der Waals surface area contributed by atoms with Crippen LogP contribution in [0.25, 0.3) is 0 Å². The summed E-state index contributed by atoms with van der Waals surface area (Å²) in [5.41, 5.74) is 3.96. The topological polar surface area (TPSA) is 75.6 Å². The van der Waals surface area contributed by atoms with Crippen molar-refractivity contribution in [2.24, 2.45) is 0 Å². The lowest BCUT2D eigenvalue weighted by Gasteiger charge is -2.36. The first-order chi connectivity index (χ1) is 14.4. The van der Waals surface area contributed by atoms with Gasteiger partial charge in [-0.3, -0.25) is 4.79 Å². The predicted octanol–water partition coefficient (Wildman–Crippen LogP) is 4.07. The molecule has 6 heteroatoms. The van der Waals surface area contributed by atoms with Crippen LogP contribution in [-0.2, 0) is 14.3 Å². The quantitative estimate of drug-likeness (QED) is 0.751. The molecule has 1 aliphatic heterocycles. The number of phenolic OH excluding ortho intramolecular Hbond substituents is 1. The Morgan fingerprint density at radius 3 is 2.33 bits per heavy atom.